The van der Waals surface area contributed by atoms with E-state index in [0.29, 0.717) is 12.8 Å². The summed E-state index contributed by atoms with van der Waals surface area (Å²) in [6, 6.07) is 0. The van der Waals surface area contributed by atoms with Gasteiger partial charge < -0.3 is 26.2 Å². The van der Waals surface area contributed by atoms with Gasteiger partial charge in [-0.2, -0.15) is 0 Å². The molecule has 0 spiro atoms. The van der Waals surface area contributed by atoms with Crippen LogP contribution >= 0.6 is 24.8 Å². The Hall–Kier alpha value is -1.87. The Kier molecular flexibility index (Phi) is 6.26. The first kappa shape index (κ1) is 23.4. The van der Waals surface area contributed by atoms with Gasteiger partial charge in [-0.3, -0.25) is 14.4 Å². The van der Waals surface area contributed by atoms with Crippen LogP contribution in [0.2, 0.25) is 0 Å². The quantitative estimate of drug-likeness (QED) is 0.371. The summed E-state index contributed by atoms with van der Waals surface area (Å²) in [7, 11) is 0. The van der Waals surface area contributed by atoms with Crippen LogP contribution in [0.15, 0.2) is 34.8 Å². The zero-order chi connectivity index (χ0) is 19.7. The minimum Gasteiger partial charge on any atom is -0.508 e. The van der Waals surface area contributed by atoms with Gasteiger partial charge >= 0.3 is 0 Å². The van der Waals surface area contributed by atoms with Crippen molar-refractivity contribution in [3.8, 4) is 0 Å². The van der Waals surface area contributed by atoms with E-state index in [2.05, 4.69) is 0 Å². The SMILES string of the molecule is Cl.Cl.NC(=O)C1C(=O)C2(O)C(=O)C3=C(O)C4=C(O)C=CCC4CC3CC2CC1O. The van der Waals surface area contributed by atoms with Crippen molar-refractivity contribution in [2.75, 3.05) is 0 Å². The van der Waals surface area contributed by atoms with E-state index in [0.717, 1.165) is 0 Å². The van der Waals surface area contributed by atoms with Crippen LogP contribution in [0.4, 0.5) is 0 Å². The molecule has 160 valence electrons. The maximum Gasteiger partial charge on any atom is 0.230 e. The summed E-state index contributed by atoms with van der Waals surface area (Å²) < 4.78 is 0. The number of amides is 1. The number of carbonyl (C=O) groups excluding carboxylic acids is 3. The zero-order valence-corrected chi connectivity index (χ0v) is 16.9. The van der Waals surface area contributed by atoms with Gasteiger partial charge in [-0.1, -0.05) is 6.08 Å². The van der Waals surface area contributed by atoms with Crippen LogP contribution in [0, 0.1) is 23.7 Å². The summed E-state index contributed by atoms with van der Waals surface area (Å²) in [5.74, 6) is -6.81. The molecule has 0 aliphatic heterocycles. The normalized spacial score (nSPS) is 38.3. The number of carbonyl (C=O) groups is 3. The fraction of sp³-hybridized carbons (Fsp3) is 0.526. The lowest BCUT2D eigenvalue weighted by Crippen LogP contribution is -2.66. The molecule has 0 heterocycles. The first-order chi connectivity index (χ1) is 12.7. The monoisotopic (exact) mass is 447 g/mol. The van der Waals surface area contributed by atoms with Crippen molar-refractivity contribution in [1.29, 1.82) is 0 Å². The lowest BCUT2D eigenvalue weighted by Gasteiger charge is -2.49. The van der Waals surface area contributed by atoms with E-state index >= 15 is 0 Å². The number of rotatable bonds is 1. The molecule has 0 aromatic rings. The molecule has 10 heteroatoms. The van der Waals surface area contributed by atoms with E-state index in [9.17, 15) is 34.8 Å². The predicted molar refractivity (Wildman–Crippen MR) is 106 cm³/mol. The molecule has 1 amide bonds. The minimum atomic E-state index is -2.51. The van der Waals surface area contributed by atoms with Gasteiger partial charge in [0.15, 0.2) is 11.4 Å². The average Bonchev–Trinajstić information content (AvgIpc) is 2.57. The smallest absolute Gasteiger partial charge is 0.230 e. The number of aliphatic hydroxyl groups is 4. The van der Waals surface area contributed by atoms with E-state index < -0.39 is 52.7 Å². The number of halogens is 2. The van der Waals surface area contributed by atoms with Gasteiger partial charge in [0.1, 0.15) is 17.4 Å². The van der Waals surface area contributed by atoms with Gasteiger partial charge in [0, 0.05) is 17.1 Å². The maximum atomic E-state index is 13.1. The predicted octanol–water partition coefficient (Wildman–Crippen LogP) is 0.806. The fourth-order valence-corrected chi connectivity index (χ4v) is 5.24. The Labute approximate surface area is 179 Å². The summed E-state index contributed by atoms with van der Waals surface area (Å²) in [5.41, 5.74) is 2.84. The number of hydrogen-bond acceptors (Lipinski definition) is 7. The first-order valence-corrected chi connectivity index (χ1v) is 8.99. The molecular formula is C19H23Cl2NO7. The molecule has 6 unspecified atom stereocenters. The number of ketones is 2. The first-order valence-electron chi connectivity index (χ1n) is 8.99. The standard InChI is InChI=1S/C19H21NO7.2ClH/c20-18(26)14-11(22)6-9-5-8-4-7-2-1-3-10(21)12(7)15(23)13(8)16(24)19(9,27)17(14)25;;/h1,3,7-9,11,14,21-23,27H,2,4-6H2,(H2,20,26);2*1H. The average molecular weight is 448 g/mol. The molecule has 4 aliphatic carbocycles. The number of hydrogen-bond donors (Lipinski definition) is 5. The molecule has 29 heavy (non-hydrogen) atoms. The van der Waals surface area contributed by atoms with Crippen molar-refractivity contribution in [2.24, 2.45) is 29.4 Å². The molecule has 8 nitrogen and oxygen atoms in total. The number of nitrogens with two attached hydrogens (primary N) is 1. The molecule has 6 N–H and O–H groups in total. The van der Waals surface area contributed by atoms with Gasteiger partial charge in [0.2, 0.25) is 11.7 Å². The molecule has 4 rings (SSSR count). The molecule has 4 aliphatic rings. The highest BCUT2D eigenvalue weighted by Gasteiger charge is 2.64. The number of allylic oxidation sites excluding steroid dienone is 3. The number of primary amides is 1. The lowest BCUT2D eigenvalue weighted by atomic mass is 9.55. The third-order valence-electron chi connectivity index (χ3n) is 6.49. The van der Waals surface area contributed by atoms with Crippen LogP contribution in [0.25, 0.3) is 0 Å². The maximum absolute atomic E-state index is 13.1. The Morgan fingerprint density at radius 3 is 2.34 bits per heavy atom. The van der Waals surface area contributed by atoms with Crippen molar-refractivity contribution in [3.05, 3.63) is 34.8 Å². The Morgan fingerprint density at radius 2 is 1.72 bits per heavy atom. The van der Waals surface area contributed by atoms with Crippen LogP contribution in [0.3, 0.4) is 0 Å². The third kappa shape index (κ3) is 3.09. The van der Waals surface area contributed by atoms with Gasteiger partial charge in [0.25, 0.3) is 0 Å². The van der Waals surface area contributed by atoms with E-state index in [1.54, 1.807) is 6.08 Å². The number of Topliss-reactive ketones (excluding diaryl/α,β-unsaturated/α-hetero) is 2. The Balaban J connectivity index is 0.00000150. The van der Waals surface area contributed by atoms with Gasteiger partial charge in [-0.05, 0) is 43.6 Å². The molecule has 0 radical (unpaired) electrons. The fourth-order valence-electron chi connectivity index (χ4n) is 5.24. The third-order valence-corrected chi connectivity index (χ3v) is 6.49. The van der Waals surface area contributed by atoms with E-state index in [1.165, 1.54) is 6.08 Å². The summed E-state index contributed by atoms with van der Waals surface area (Å²) in [5, 5.41) is 42.0. The molecule has 0 aromatic carbocycles. The molecule has 2 saturated carbocycles. The second kappa shape index (κ2) is 7.75. The van der Waals surface area contributed by atoms with Crippen molar-refractivity contribution < 1.29 is 34.8 Å². The van der Waals surface area contributed by atoms with E-state index in [4.69, 9.17) is 5.73 Å². The Bertz CT molecular complexity index is 865. The van der Waals surface area contributed by atoms with Crippen LogP contribution < -0.4 is 5.73 Å². The van der Waals surface area contributed by atoms with Crippen molar-refractivity contribution in [2.45, 2.75) is 37.4 Å². The summed E-state index contributed by atoms with van der Waals surface area (Å²) >= 11 is 0. The summed E-state index contributed by atoms with van der Waals surface area (Å²) in [4.78, 5) is 37.5. The molecular weight excluding hydrogens is 425 g/mol. The number of fused-ring (bicyclic) bond motifs is 3. The van der Waals surface area contributed by atoms with Gasteiger partial charge in [-0.15, -0.1) is 24.8 Å². The highest BCUT2D eigenvalue weighted by molar-refractivity contribution is 6.23. The molecule has 2 fully saturated rings. The van der Waals surface area contributed by atoms with Crippen molar-refractivity contribution in [1.82, 2.24) is 0 Å². The van der Waals surface area contributed by atoms with Crippen LogP contribution in [0.5, 0.6) is 0 Å². The second-order valence-electron chi connectivity index (χ2n) is 7.90. The topological polar surface area (TPSA) is 158 Å². The Morgan fingerprint density at radius 1 is 1.07 bits per heavy atom. The van der Waals surface area contributed by atoms with E-state index in [-0.39, 0.29) is 60.5 Å². The second-order valence-corrected chi connectivity index (χ2v) is 7.90. The summed E-state index contributed by atoms with van der Waals surface area (Å²) in [6.07, 6.45) is 3.06. The van der Waals surface area contributed by atoms with Crippen molar-refractivity contribution >= 4 is 42.3 Å². The number of aliphatic hydroxyl groups excluding tert-OH is 3. The lowest BCUT2D eigenvalue weighted by molar-refractivity contribution is -0.175. The zero-order valence-electron chi connectivity index (χ0n) is 15.3. The van der Waals surface area contributed by atoms with Gasteiger partial charge in [0.05, 0.1) is 6.10 Å². The molecule has 6 atom stereocenters. The van der Waals surface area contributed by atoms with Crippen molar-refractivity contribution in [3.63, 3.8) is 0 Å². The largest absolute Gasteiger partial charge is 0.508 e. The minimum absolute atomic E-state index is 0. The summed E-state index contributed by atoms with van der Waals surface area (Å²) in [6.45, 7) is 0. The van der Waals surface area contributed by atoms with E-state index in [1.807, 2.05) is 0 Å². The highest BCUT2D eigenvalue weighted by atomic mass is 35.5. The molecule has 0 aromatic heterocycles. The van der Waals surface area contributed by atoms with Crippen LogP contribution in [-0.2, 0) is 14.4 Å². The highest BCUT2D eigenvalue weighted by Crippen LogP contribution is 2.52. The molecule has 0 saturated heterocycles. The van der Waals surface area contributed by atoms with Crippen LogP contribution in [-0.4, -0.2) is 49.6 Å². The molecule has 0 bridgehead atoms. The van der Waals surface area contributed by atoms with Crippen LogP contribution in [0.1, 0.15) is 25.7 Å². The van der Waals surface area contributed by atoms with Gasteiger partial charge in [-0.25, -0.2) is 0 Å².